The summed E-state index contributed by atoms with van der Waals surface area (Å²) in [6, 6.07) is 9.20. The number of benzene rings is 2. The quantitative estimate of drug-likeness (QED) is 0.667. The Balaban J connectivity index is 2.38. The molecule has 23 heavy (non-hydrogen) atoms. The highest BCUT2D eigenvalue weighted by atomic mass is 16.6. The molecule has 118 valence electrons. The Morgan fingerprint density at radius 3 is 2.30 bits per heavy atom. The molecule has 2 rings (SSSR count). The summed E-state index contributed by atoms with van der Waals surface area (Å²) in [7, 11) is 1.35. The Morgan fingerprint density at radius 1 is 1.04 bits per heavy atom. The third-order valence-electron chi connectivity index (χ3n) is 3.00. The summed E-state index contributed by atoms with van der Waals surface area (Å²) in [5.41, 5.74) is -1.04. The van der Waals surface area contributed by atoms with Crippen LogP contribution in [-0.4, -0.2) is 22.9 Å². The summed E-state index contributed by atoms with van der Waals surface area (Å²) in [5.74, 6) is -0.564. The van der Waals surface area contributed by atoms with Gasteiger partial charge < -0.3 is 10.1 Å². The van der Waals surface area contributed by atoms with Crippen LogP contribution in [0, 0.1) is 20.2 Å². The van der Waals surface area contributed by atoms with E-state index in [1.807, 2.05) is 0 Å². The third kappa shape index (κ3) is 3.40. The summed E-state index contributed by atoms with van der Waals surface area (Å²) in [4.78, 5) is 32.8. The molecule has 0 aromatic heterocycles. The predicted octanol–water partition coefficient (Wildman–Crippen LogP) is 2.76. The maximum Gasteiger partial charge on any atom is 0.296 e. The highest BCUT2D eigenvalue weighted by molar-refractivity contribution is 6.08. The number of nitro groups is 2. The second kappa shape index (κ2) is 6.52. The van der Waals surface area contributed by atoms with Crippen molar-refractivity contribution >= 4 is 23.0 Å². The van der Waals surface area contributed by atoms with Crippen LogP contribution in [0.25, 0.3) is 0 Å². The molecule has 0 fully saturated rings. The van der Waals surface area contributed by atoms with Gasteiger partial charge in [0.1, 0.15) is 17.0 Å². The molecule has 0 atom stereocenters. The molecule has 0 aliphatic heterocycles. The molecule has 0 unspecified atom stereocenters. The molecule has 0 saturated heterocycles. The van der Waals surface area contributed by atoms with Crippen LogP contribution in [0.4, 0.5) is 17.1 Å². The lowest BCUT2D eigenvalue weighted by Crippen LogP contribution is -2.15. The number of rotatable bonds is 5. The summed E-state index contributed by atoms with van der Waals surface area (Å²) >= 11 is 0. The minimum absolute atomic E-state index is 0.0843. The Kier molecular flexibility index (Phi) is 4.50. The van der Waals surface area contributed by atoms with E-state index in [-0.39, 0.29) is 28.4 Å². The number of nitro benzene ring substituents is 2. The summed E-state index contributed by atoms with van der Waals surface area (Å²) in [6.07, 6.45) is 0. The molecule has 0 radical (unpaired) electrons. The number of hydrogen-bond donors (Lipinski definition) is 1. The Labute approximate surface area is 129 Å². The number of anilines is 1. The maximum atomic E-state index is 12.2. The van der Waals surface area contributed by atoms with Crippen LogP contribution >= 0.6 is 0 Å². The van der Waals surface area contributed by atoms with E-state index < -0.39 is 15.8 Å². The fraction of sp³-hybridized carbons (Fsp3) is 0.0714. The van der Waals surface area contributed by atoms with Crippen LogP contribution in [0.2, 0.25) is 0 Å². The molecule has 0 heterocycles. The van der Waals surface area contributed by atoms with Gasteiger partial charge in [-0.15, -0.1) is 0 Å². The molecule has 2 aromatic rings. The first-order chi connectivity index (χ1) is 10.9. The van der Waals surface area contributed by atoms with Crippen molar-refractivity contribution in [2.75, 3.05) is 12.4 Å². The minimum Gasteiger partial charge on any atom is -0.496 e. The average Bonchev–Trinajstić information content (AvgIpc) is 2.54. The Morgan fingerprint density at radius 2 is 1.70 bits per heavy atom. The minimum atomic E-state index is -0.814. The molecule has 1 amide bonds. The highest BCUT2D eigenvalue weighted by Crippen LogP contribution is 2.30. The molecule has 1 N–H and O–H groups in total. The van der Waals surface area contributed by atoms with E-state index in [9.17, 15) is 25.0 Å². The number of nitrogens with zero attached hydrogens (tertiary/aromatic N) is 2. The molecule has 0 bridgehead atoms. The van der Waals surface area contributed by atoms with E-state index >= 15 is 0 Å². The molecule has 9 nitrogen and oxygen atoms in total. The second-order valence-electron chi connectivity index (χ2n) is 4.37. The lowest BCUT2D eigenvalue weighted by atomic mass is 10.1. The van der Waals surface area contributed by atoms with Crippen LogP contribution in [0.15, 0.2) is 42.5 Å². The van der Waals surface area contributed by atoms with Crippen LogP contribution in [-0.2, 0) is 0 Å². The molecule has 0 aliphatic rings. The number of carbonyl (C=O) groups excluding carboxylic acids is 1. The van der Waals surface area contributed by atoms with E-state index in [0.29, 0.717) is 0 Å². The van der Waals surface area contributed by atoms with Gasteiger partial charge in [0.15, 0.2) is 0 Å². The predicted molar refractivity (Wildman–Crippen MR) is 80.7 cm³/mol. The van der Waals surface area contributed by atoms with Gasteiger partial charge in [-0.3, -0.25) is 25.0 Å². The number of ether oxygens (including phenoxy) is 1. The lowest BCUT2D eigenvalue weighted by Gasteiger charge is -2.08. The smallest absolute Gasteiger partial charge is 0.296 e. The van der Waals surface area contributed by atoms with E-state index in [1.165, 1.54) is 43.5 Å². The molecular formula is C14H11N3O6. The van der Waals surface area contributed by atoms with Crippen molar-refractivity contribution in [3.8, 4) is 5.75 Å². The Bertz CT molecular complexity index is 790. The first-order valence-corrected chi connectivity index (χ1v) is 6.31. The van der Waals surface area contributed by atoms with Gasteiger partial charge in [-0.25, -0.2) is 0 Å². The van der Waals surface area contributed by atoms with Gasteiger partial charge in [0.2, 0.25) is 0 Å². The number of hydrogen-bond acceptors (Lipinski definition) is 6. The van der Waals surface area contributed by atoms with Crippen molar-refractivity contribution in [1.29, 1.82) is 0 Å². The normalized spacial score (nSPS) is 9.96. The molecule has 2 aromatic carbocycles. The fourth-order valence-corrected chi connectivity index (χ4v) is 1.91. The van der Waals surface area contributed by atoms with E-state index in [1.54, 1.807) is 0 Å². The van der Waals surface area contributed by atoms with Crippen molar-refractivity contribution in [2.24, 2.45) is 0 Å². The molecule has 9 heteroatoms. The molecular weight excluding hydrogens is 306 g/mol. The van der Waals surface area contributed by atoms with E-state index in [2.05, 4.69) is 5.32 Å². The number of carbonyl (C=O) groups is 1. The molecule has 0 aliphatic carbocycles. The first-order valence-electron chi connectivity index (χ1n) is 6.31. The van der Waals surface area contributed by atoms with E-state index in [4.69, 9.17) is 4.74 Å². The van der Waals surface area contributed by atoms with Gasteiger partial charge in [-0.1, -0.05) is 12.1 Å². The number of para-hydroxylation sites is 1. The second-order valence-corrected chi connectivity index (χ2v) is 4.37. The van der Waals surface area contributed by atoms with Crippen molar-refractivity contribution in [2.45, 2.75) is 0 Å². The monoisotopic (exact) mass is 317 g/mol. The van der Waals surface area contributed by atoms with Crippen molar-refractivity contribution in [3.63, 3.8) is 0 Å². The molecule has 0 spiro atoms. The van der Waals surface area contributed by atoms with Gasteiger partial charge >= 0.3 is 0 Å². The highest BCUT2D eigenvalue weighted by Gasteiger charge is 2.22. The van der Waals surface area contributed by atoms with Gasteiger partial charge in [0.25, 0.3) is 17.3 Å². The SMILES string of the molecule is COc1ccc(NC(=O)c2ccccc2[N+](=O)[O-])c([N+](=O)[O-])c1. The summed E-state index contributed by atoms with van der Waals surface area (Å²) in [6.45, 7) is 0. The van der Waals surface area contributed by atoms with Gasteiger partial charge in [-0.05, 0) is 18.2 Å². The summed E-state index contributed by atoms with van der Waals surface area (Å²) in [5, 5.41) is 24.3. The average molecular weight is 317 g/mol. The summed E-state index contributed by atoms with van der Waals surface area (Å²) < 4.78 is 4.89. The maximum absolute atomic E-state index is 12.2. The third-order valence-corrected chi connectivity index (χ3v) is 3.00. The van der Waals surface area contributed by atoms with Crippen molar-refractivity contribution < 1.29 is 19.4 Å². The van der Waals surface area contributed by atoms with Crippen LogP contribution in [0.1, 0.15) is 10.4 Å². The standard InChI is InChI=1S/C14H11N3O6/c1-23-9-6-7-11(13(8-9)17(21)22)15-14(18)10-4-2-3-5-12(10)16(19)20/h2-8H,1H3,(H,15,18). The zero-order valence-corrected chi connectivity index (χ0v) is 11.9. The number of nitrogens with one attached hydrogen (secondary N) is 1. The molecule has 0 saturated carbocycles. The Hall–Kier alpha value is -3.49. The fourth-order valence-electron chi connectivity index (χ4n) is 1.91. The zero-order chi connectivity index (χ0) is 17.0. The van der Waals surface area contributed by atoms with E-state index in [0.717, 1.165) is 6.07 Å². The van der Waals surface area contributed by atoms with Crippen molar-refractivity contribution in [1.82, 2.24) is 0 Å². The van der Waals surface area contributed by atoms with Crippen molar-refractivity contribution in [3.05, 3.63) is 68.3 Å². The number of amides is 1. The van der Waals surface area contributed by atoms with Gasteiger partial charge in [0, 0.05) is 6.07 Å². The van der Waals surface area contributed by atoms with Gasteiger partial charge in [0.05, 0.1) is 23.0 Å². The van der Waals surface area contributed by atoms with Gasteiger partial charge in [-0.2, -0.15) is 0 Å². The number of methoxy groups -OCH3 is 1. The van der Waals surface area contributed by atoms with Crippen LogP contribution in [0.3, 0.4) is 0 Å². The topological polar surface area (TPSA) is 125 Å². The zero-order valence-electron chi connectivity index (χ0n) is 11.9. The largest absolute Gasteiger partial charge is 0.496 e. The van der Waals surface area contributed by atoms with Crippen LogP contribution in [0.5, 0.6) is 5.75 Å². The first kappa shape index (κ1) is 15.9. The lowest BCUT2D eigenvalue weighted by molar-refractivity contribution is -0.385. The van der Waals surface area contributed by atoms with Crippen LogP contribution < -0.4 is 10.1 Å².